The van der Waals surface area contributed by atoms with Crippen LogP contribution in [0.1, 0.15) is 18.5 Å². The molecule has 0 aromatic carbocycles. The fourth-order valence-electron chi connectivity index (χ4n) is 1.50. The van der Waals surface area contributed by atoms with Gasteiger partial charge in [0.1, 0.15) is 4.99 Å². The molecule has 0 atom stereocenters. The molecule has 0 radical (unpaired) electrons. The van der Waals surface area contributed by atoms with E-state index in [2.05, 4.69) is 16.6 Å². The van der Waals surface area contributed by atoms with Crippen LogP contribution in [0.4, 0.5) is 5.69 Å². The molecule has 0 unspecified atom stereocenters. The van der Waals surface area contributed by atoms with E-state index in [1.165, 1.54) is 12.8 Å². The molecule has 1 aliphatic rings. The van der Waals surface area contributed by atoms with E-state index in [0.29, 0.717) is 15.4 Å². The van der Waals surface area contributed by atoms with E-state index in [1.807, 2.05) is 23.9 Å². The number of thiocarbonyl (C=S) groups is 1. The number of nitrogens with zero attached hydrogens (tertiary/aromatic N) is 1. The number of rotatable bonds is 5. The van der Waals surface area contributed by atoms with Crippen molar-refractivity contribution >= 4 is 34.7 Å². The number of nitrogens with one attached hydrogen (secondary N) is 1. The predicted octanol–water partition coefficient (Wildman–Crippen LogP) is 2.02. The second-order valence-electron chi connectivity index (χ2n) is 4.04. The molecule has 16 heavy (non-hydrogen) atoms. The van der Waals surface area contributed by atoms with Crippen molar-refractivity contribution in [3.8, 4) is 0 Å². The van der Waals surface area contributed by atoms with Gasteiger partial charge in [-0.2, -0.15) is 11.8 Å². The average Bonchev–Trinajstić information content (AvgIpc) is 3.08. The third-order valence-corrected chi connectivity index (χ3v) is 4.50. The molecule has 0 spiro atoms. The minimum Gasteiger partial charge on any atom is -0.388 e. The molecule has 1 fully saturated rings. The molecule has 2 rings (SSSR count). The number of pyridine rings is 1. The van der Waals surface area contributed by atoms with Crippen LogP contribution in [0.3, 0.4) is 0 Å². The maximum absolute atomic E-state index is 5.48. The first-order chi connectivity index (χ1) is 7.65. The van der Waals surface area contributed by atoms with Crippen LogP contribution in [0.25, 0.3) is 0 Å². The van der Waals surface area contributed by atoms with Gasteiger partial charge >= 0.3 is 0 Å². The van der Waals surface area contributed by atoms with Gasteiger partial charge in [-0.15, -0.1) is 0 Å². The zero-order valence-corrected chi connectivity index (χ0v) is 10.8. The molecular formula is C11H15N3S2. The highest BCUT2D eigenvalue weighted by Crippen LogP contribution is 2.46. The van der Waals surface area contributed by atoms with Crippen LogP contribution in [0.15, 0.2) is 18.3 Å². The quantitative estimate of drug-likeness (QED) is 0.786. The Labute approximate surface area is 105 Å². The van der Waals surface area contributed by atoms with Crippen LogP contribution < -0.4 is 11.1 Å². The van der Waals surface area contributed by atoms with Gasteiger partial charge in [-0.05, 0) is 31.2 Å². The summed E-state index contributed by atoms with van der Waals surface area (Å²) in [5.74, 6) is 0. The Kier molecular flexibility index (Phi) is 3.35. The van der Waals surface area contributed by atoms with Crippen LogP contribution in [-0.4, -0.2) is 27.5 Å². The van der Waals surface area contributed by atoms with Crippen molar-refractivity contribution in [2.75, 3.05) is 18.1 Å². The minimum atomic E-state index is 0.342. The van der Waals surface area contributed by atoms with Crippen LogP contribution in [0, 0.1) is 0 Å². The van der Waals surface area contributed by atoms with E-state index in [4.69, 9.17) is 18.0 Å². The lowest BCUT2D eigenvalue weighted by Gasteiger charge is -2.13. The van der Waals surface area contributed by atoms with Crippen molar-refractivity contribution in [1.29, 1.82) is 0 Å². The third-order valence-electron chi connectivity index (χ3n) is 2.87. The lowest BCUT2D eigenvalue weighted by molar-refractivity contribution is 0.947. The van der Waals surface area contributed by atoms with Crippen molar-refractivity contribution in [2.45, 2.75) is 17.6 Å². The van der Waals surface area contributed by atoms with Crippen LogP contribution >= 0.6 is 24.0 Å². The zero-order valence-electron chi connectivity index (χ0n) is 9.19. The Morgan fingerprint density at radius 2 is 2.38 bits per heavy atom. The topological polar surface area (TPSA) is 50.9 Å². The molecule has 3 nitrogen and oxygen atoms in total. The third kappa shape index (κ3) is 2.65. The molecule has 1 aromatic heterocycles. The van der Waals surface area contributed by atoms with E-state index in [0.717, 1.165) is 12.2 Å². The maximum atomic E-state index is 5.48. The normalized spacial score (nSPS) is 16.8. The Morgan fingerprint density at radius 3 is 2.81 bits per heavy atom. The summed E-state index contributed by atoms with van der Waals surface area (Å²) in [4.78, 5) is 4.53. The van der Waals surface area contributed by atoms with Gasteiger partial charge in [0.25, 0.3) is 0 Å². The molecule has 86 valence electrons. The Hall–Kier alpha value is -0.810. The summed E-state index contributed by atoms with van der Waals surface area (Å²) in [5.41, 5.74) is 7.18. The molecule has 0 aliphatic heterocycles. The number of aromatic nitrogens is 1. The second kappa shape index (κ2) is 4.59. The van der Waals surface area contributed by atoms with E-state index in [9.17, 15) is 0 Å². The second-order valence-corrected chi connectivity index (χ2v) is 5.75. The summed E-state index contributed by atoms with van der Waals surface area (Å²) >= 11 is 6.79. The van der Waals surface area contributed by atoms with Crippen molar-refractivity contribution in [3.05, 3.63) is 24.0 Å². The molecule has 0 amide bonds. The fourth-order valence-corrected chi connectivity index (χ4v) is 2.35. The van der Waals surface area contributed by atoms with Crippen molar-refractivity contribution < 1.29 is 0 Å². The Bertz CT molecular complexity index is 385. The average molecular weight is 253 g/mol. The van der Waals surface area contributed by atoms with Gasteiger partial charge in [-0.1, -0.05) is 12.2 Å². The first-order valence-electron chi connectivity index (χ1n) is 5.20. The lowest BCUT2D eigenvalue weighted by Crippen LogP contribution is -2.18. The molecule has 1 saturated carbocycles. The number of hydrogen-bond acceptors (Lipinski definition) is 4. The summed E-state index contributed by atoms with van der Waals surface area (Å²) in [7, 11) is 0. The predicted molar refractivity (Wildman–Crippen MR) is 74.1 cm³/mol. The molecule has 1 aromatic rings. The van der Waals surface area contributed by atoms with Gasteiger partial charge in [0.2, 0.25) is 0 Å². The Morgan fingerprint density at radius 1 is 1.62 bits per heavy atom. The molecule has 1 aliphatic carbocycles. The van der Waals surface area contributed by atoms with Crippen molar-refractivity contribution in [1.82, 2.24) is 4.98 Å². The summed E-state index contributed by atoms with van der Waals surface area (Å²) < 4.78 is 0.460. The maximum Gasteiger partial charge on any atom is 0.122 e. The number of hydrogen-bond donors (Lipinski definition) is 2. The number of anilines is 1. The lowest BCUT2D eigenvalue weighted by atomic mass is 10.3. The highest BCUT2D eigenvalue weighted by Gasteiger charge is 2.41. The minimum absolute atomic E-state index is 0.342. The largest absolute Gasteiger partial charge is 0.388 e. The molecule has 0 saturated heterocycles. The SMILES string of the molecule is CSC1(CNc2ccc(C(N)=S)nc2)CC1. The van der Waals surface area contributed by atoms with E-state index in [-0.39, 0.29) is 0 Å². The van der Waals surface area contributed by atoms with Gasteiger partial charge in [0.05, 0.1) is 17.6 Å². The molecule has 5 heteroatoms. The van der Waals surface area contributed by atoms with Gasteiger partial charge in [-0.25, -0.2) is 0 Å². The van der Waals surface area contributed by atoms with Crippen molar-refractivity contribution in [3.63, 3.8) is 0 Å². The molecule has 3 N–H and O–H groups in total. The van der Waals surface area contributed by atoms with Crippen molar-refractivity contribution in [2.24, 2.45) is 5.73 Å². The summed E-state index contributed by atoms with van der Waals surface area (Å²) in [6, 6.07) is 3.82. The summed E-state index contributed by atoms with van der Waals surface area (Å²) in [6.07, 6.45) is 6.56. The van der Waals surface area contributed by atoms with E-state index < -0.39 is 0 Å². The van der Waals surface area contributed by atoms with E-state index in [1.54, 1.807) is 6.20 Å². The highest BCUT2D eigenvalue weighted by atomic mass is 32.2. The van der Waals surface area contributed by atoms with Gasteiger partial charge < -0.3 is 11.1 Å². The molecule has 1 heterocycles. The number of nitrogens with two attached hydrogens (primary N) is 1. The van der Waals surface area contributed by atoms with E-state index >= 15 is 0 Å². The first-order valence-corrected chi connectivity index (χ1v) is 6.83. The fraction of sp³-hybridized carbons (Fsp3) is 0.455. The van der Waals surface area contributed by atoms with Crippen LogP contribution in [-0.2, 0) is 0 Å². The summed E-state index contributed by atoms with van der Waals surface area (Å²) in [6.45, 7) is 1.00. The number of thioether (sulfide) groups is 1. The monoisotopic (exact) mass is 253 g/mol. The molecule has 0 bridgehead atoms. The van der Waals surface area contributed by atoms with Gasteiger partial charge in [-0.3, -0.25) is 4.98 Å². The van der Waals surface area contributed by atoms with Crippen LogP contribution in [0.2, 0.25) is 0 Å². The van der Waals surface area contributed by atoms with Gasteiger partial charge in [0, 0.05) is 11.3 Å². The van der Waals surface area contributed by atoms with Crippen LogP contribution in [0.5, 0.6) is 0 Å². The summed E-state index contributed by atoms with van der Waals surface area (Å²) in [5, 5.41) is 3.40. The first kappa shape index (κ1) is 11.7. The molecular weight excluding hydrogens is 238 g/mol. The smallest absolute Gasteiger partial charge is 0.122 e. The highest BCUT2D eigenvalue weighted by molar-refractivity contribution is 8.00. The zero-order chi connectivity index (χ0) is 11.6. The standard InChI is InChI=1S/C11H15N3S2/c1-16-11(4-5-11)7-14-8-2-3-9(10(12)15)13-6-8/h2-3,6,14H,4-5,7H2,1H3,(H2,12,15). The Balaban J connectivity index is 1.93. The van der Waals surface area contributed by atoms with Gasteiger partial charge in [0.15, 0.2) is 0 Å².